The molecule has 2 aliphatic heterocycles. The second-order valence-electron chi connectivity index (χ2n) is 5.97. The van der Waals surface area contributed by atoms with E-state index < -0.39 is 0 Å². The summed E-state index contributed by atoms with van der Waals surface area (Å²) in [5.74, 6) is 2.30. The molecule has 4 rings (SSSR count). The van der Waals surface area contributed by atoms with Crippen molar-refractivity contribution in [2.45, 2.75) is 0 Å². The summed E-state index contributed by atoms with van der Waals surface area (Å²) in [6.07, 6.45) is 1.59. The number of halogens is 1. The van der Waals surface area contributed by atoms with Crippen LogP contribution in [0.3, 0.4) is 0 Å². The average molecular weight is 485 g/mol. The van der Waals surface area contributed by atoms with Gasteiger partial charge >= 0.3 is 0 Å². The average Bonchev–Trinajstić information content (AvgIpc) is 3.14. The van der Waals surface area contributed by atoms with Crippen molar-refractivity contribution in [3.05, 3.63) is 21.7 Å². The molecule has 0 unspecified atom stereocenters. The lowest BCUT2D eigenvalue weighted by Crippen LogP contribution is -2.40. The predicted molar refractivity (Wildman–Crippen MR) is 109 cm³/mol. The van der Waals surface area contributed by atoms with Gasteiger partial charge in [-0.1, -0.05) is 0 Å². The number of furan rings is 1. The number of nitrogens with zero attached hydrogens (tertiary/aromatic N) is 6. The number of hydrogen-bond donors (Lipinski definition) is 1. The minimum atomic E-state index is 0.394. The Kier molecular flexibility index (Phi) is 5.99. The van der Waals surface area contributed by atoms with Gasteiger partial charge in [0.05, 0.1) is 32.6 Å². The number of hydrogen-bond acceptors (Lipinski definition) is 10. The van der Waals surface area contributed by atoms with Crippen LogP contribution in [0, 0.1) is 3.77 Å². The molecule has 0 aliphatic carbocycles. The van der Waals surface area contributed by atoms with Gasteiger partial charge in [-0.15, -0.1) is 0 Å². The van der Waals surface area contributed by atoms with Crippen LogP contribution in [0.4, 0.5) is 17.8 Å². The number of hydrazone groups is 1. The lowest BCUT2D eigenvalue weighted by Gasteiger charge is -2.30. The van der Waals surface area contributed by atoms with E-state index in [4.69, 9.17) is 13.9 Å². The normalized spacial score (nSPS) is 18.3. The maximum absolute atomic E-state index is 5.46. The number of anilines is 3. The second-order valence-corrected chi connectivity index (χ2v) is 7.03. The fraction of sp³-hybridized carbons (Fsp3) is 0.500. The van der Waals surface area contributed by atoms with E-state index in [9.17, 15) is 0 Å². The number of rotatable bonds is 5. The first-order chi connectivity index (χ1) is 13.3. The Morgan fingerprint density at radius 1 is 0.926 bits per heavy atom. The molecule has 0 amide bonds. The maximum atomic E-state index is 5.46. The van der Waals surface area contributed by atoms with Gasteiger partial charge in [-0.05, 0) is 34.7 Å². The van der Waals surface area contributed by atoms with Crippen molar-refractivity contribution >= 4 is 46.7 Å². The van der Waals surface area contributed by atoms with Crippen LogP contribution in [0.15, 0.2) is 21.7 Å². The first-order valence-electron chi connectivity index (χ1n) is 8.74. The van der Waals surface area contributed by atoms with E-state index >= 15 is 0 Å². The Bertz CT molecular complexity index is 752. The molecule has 0 saturated carbocycles. The van der Waals surface area contributed by atoms with Gasteiger partial charge in [-0.3, -0.25) is 0 Å². The van der Waals surface area contributed by atoms with Gasteiger partial charge in [-0.2, -0.15) is 20.1 Å². The molecule has 1 N–H and O–H groups in total. The molecule has 144 valence electrons. The highest BCUT2D eigenvalue weighted by Gasteiger charge is 2.20. The summed E-state index contributed by atoms with van der Waals surface area (Å²) >= 11 is 2.11. The first kappa shape index (κ1) is 18.4. The van der Waals surface area contributed by atoms with E-state index in [2.05, 4.69) is 57.9 Å². The van der Waals surface area contributed by atoms with Gasteiger partial charge in [0.15, 0.2) is 3.77 Å². The van der Waals surface area contributed by atoms with Crippen LogP contribution in [0.5, 0.6) is 0 Å². The monoisotopic (exact) mass is 485 g/mol. The van der Waals surface area contributed by atoms with E-state index in [1.54, 1.807) is 6.21 Å². The molecular weight excluding hydrogens is 465 g/mol. The highest BCUT2D eigenvalue weighted by molar-refractivity contribution is 14.1. The van der Waals surface area contributed by atoms with E-state index in [0.29, 0.717) is 50.0 Å². The van der Waals surface area contributed by atoms with Crippen molar-refractivity contribution in [3.63, 3.8) is 0 Å². The minimum absolute atomic E-state index is 0.394. The van der Waals surface area contributed by atoms with Crippen molar-refractivity contribution in [2.75, 3.05) is 67.8 Å². The third-order valence-electron chi connectivity index (χ3n) is 4.15. The molecule has 0 bridgehead atoms. The molecule has 10 nitrogen and oxygen atoms in total. The molecular formula is C16H20IN7O3. The first-order valence-corrected chi connectivity index (χ1v) is 9.82. The third-order valence-corrected chi connectivity index (χ3v) is 4.73. The largest absolute Gasteiger partial charge is 0.449 e. The van der Waals surface area contributed by atoms with Crippen LogP contribution in [0.2, 0.25) is 0 Å². The van der Waals surface area contributed by atoms with Gasteiger partial charge < -0.3 is 23.7 Å². The van der Waals surface area contributed by atoms with E-state index in [-0.39, 0.29) is 0 Å². The van der Waals surface area contributed by atoms with Crippen LogP contribution in [-0.4, -0.2) is 73.8 Å². The van der Waals surface area contributed by atoms with Gasteiger partial charge in [-0.25, -0.2) is 5.43 Å². The summed E-state index contributed by atoms with van der Waals surface area (Å²) in [7, 11) is 0. The van der Waals surface area contributed by atoms with Crippen molar-refractivity contribution < 1.29 is 13.9 Å². The van der Waals surface area contributed by atoms with Gasteiger partial charge in [0.1, 0.15) is 5.76 Å². The van der Waals surface area contributed by atoms with Crippen molar-refractivity contribution in [1.82, 2.24) is 15.0 Å². The van der Waals surface area contributed by atoms with Crippen molar-refractivity contribution in [2.24, 2.45) is 5.10 Å². The molecule has 0 radical (unpaired) electrons. The van der Waals surface area contributed by atoms with Gasteiger partial charge in [0.2, 0.25) is 17.8 Å². The fourth-order valence-electron chi connectivity index (χ4n) is 2.76. The Morgan fingerprint density at radius 2 is 1.52 bits per heavy atom. The lowest BCUT2D eigenvalue weighted by molar-refractivity contribution is 0.121. The molecule has 0 atom stereocenters. The number of aromatic nitrogens is 3. The van der Waals surface area contributed by atoms with Crippen molar-refractivity contribution in [1.29, 1.82) is 0 Å². The summed E-state index contributed by atoms with van der Waals surface area (Å²) in [6.45, 7) is 5.65. The number of ether oxygens (including phenoxy) is 2. The van der Waals surface area contributed by atoms with E-state index in [0.717, 1.165) is 29.9 Å². The number of nitrogens with one attached hydrogen (secondary N) is 1. The smallest absolute Gasteiger partial charge is 0.250 e. The molecule has 2 aromatic heterocycles. The molecule has 2 fully saturated rings. The Hall–Kier alpha value is -1.99. The summed E-state index contributed by atoms with van der Waals surface area (Å²) in [6, 6.07) is 3.72. The topological polar surface area (TPSA) is 101 Å². The zero-order chi connectivity index (χ0) is 18.5. The lowest BCUT2D eigenvalue weighted by atomic mass is 10.4. The molecule has 2 aromatic rings. The van der Waals surface area contributed by atoms with Crippen LogP contribution < -0.4 is 15.2 Å². The van der Waals surface area contributed by atoms with Gasteiger partial charge in [0.25, 0.3) is 0 Å². The Balaban J connectivity index is 1.55. The third kappa shape index (κ3) is 4.84. The van der Waals surface area contributed by atoms with Crippen LogP contribution in [-0.2, 0) is 9.47 Å². The standard InChI is InChI=1S/C16H20IN7O3/c17-13-2-1-12(27-13)11-18-22-14-19-15(23-3-7-25-8-4-23)21-16(20-14)24-5-9-26-10-6-24/h1-2,11H,3-10H2,(H,19,20,21,22). The summed E-state index contributed by atoms with van der Waals surface area (Å²) < 4.78 is 17.1. The second kappa shape index (κ2) is 8.80. The summed E-state index contributed by atoms with van der Waals surface area (Å²) in [4.78, 5) is 17.9. The predicted octanol–water partition coefficient (Wildman–Crippen LogP) is 1.19. The number of morpholine rings is 2. The Labute approximate surface area is 170 Å². The molecule has 4 heterocycles. The van der Waals surface area contributed by atoms with Crippen molar-refractivity contribution in [3.8, 4) is 0 Å². The quantitative estimate of drug-likeness (QED) is 0.380. The summed E-state index contributed by atoms with van der Waals surface area (Å²) in [5, 5.41) is 4.19. The summed E-state index contributed by atoms with van der Waals surface area (Å²) in [5.41, 5.74) is 2.89. The molecule has 2 aliphatic rings. The van der Waals surface area contributed by atoms with Crippen LogP contribution in [0.25, 0.3) is 0 Å². The minimum Gasteiger partial charge on any atom is -0.449 e. The molecule has 2 saturated heterocycles. The van der Waals surface area contributed by atoms with Gasteiger partial charge in [0, 0.05) is 26.2 Å². The zero-order valence-corrected chi connectivity index (χ0v) is 16.8. The highest BCUT2D eigenvalue weighted by Crippen LogP contribution is 2.18. The van der Waals surface area contributed by atoms with E-state index in [1.165, 1.54) is 0 Å². The van der Waals surface area contributed by atoms with Crippen LogP contribution >= 0.6 is 22.6 Å². The molecule has 27 heavy (non-hydrogen) atoms. The zero-order valence-electron chi connectivity index (χ0n) is 14.7. The Morgan fingerprint density at radius 3 is 2.04 bits per heavy atom. The van der Waals surface area contributed by atoms with Crippen LogP contribution in [0.1, 0.15) is 5.76 Å². The molecule has 11 heteroatoms. The highest BCUT2D eigenvalue weighted by atomic mass is 127. The fourth-order valence-corrected chi connectivity index (χ4v) is 3.20. The molecule has 0 aromatic carbocycles. The maximum Gasteiger partial charge on any atom is 0.250 e. The van der Waals surface area contributed by atoms with E-state index in [1.807, 2.05) is 12.1 Å². The molecule has 0 spiro atoms. The SMILES string of the molecule is Ic1ccc(C=NNc2nc(N3CCOCC3)nc(N3CCOCC3)n2)o1.